The van der Waals surface area contributed by atoms with Crippen molar-refractivity contribution < 1.29 is 4.79 Å². The Labute approximate surface area is 106 Å². The molecule has 0 aromatic heterocycles. The molecule has 3 rings (SSSR count). The number of rotatable bonds is 3. The van der Waals surface area contributed by atoms with Gasteiger partial charge >= 0.3 is 0 Å². The summed E-state index contributed by atoms with van der Waals surface area (Å²) in [4.78, 5) is 14.3. The normalized spacial score (nSPS) is 24.0. The number of thioether (sulfide) groups is 1. The van der Waals surface area contributed by atoms with E-state index in [1.165, 1.54) is 18.4 Å². The van der Waals surface area contributed by atoms with Crippen molar-refractivity contribution in [3.63, 3.8) is 0 Å². The van der Waals surface area contributed by atoms with Crippen LogP contribution in [0.15, 0.2) is 30.3 Å². The number of hydrogen-bond donors (Lipinski definition) is 0. The summed E-state index contributed by atoms with van der Waals surface area (Å²) < 4.78 is 0. The Morgan fingerprint density at radius 1 is 1.29 bits per heavy atom. The maximum Gasteiger partial charge on any atom is 0.224 e. The van der Waals surface area contributed by atoms with Crippen LogP contribution < -0.4 is 0 Å². The number of amides is 1. The van der Waals surface area contributed by atoms with Crippen molar-refractivity contribution >= 4 is 17.7 Å². The first-order chi connectivity index (χ1) is 8.34. The van der Waals surface area contributed by atoms with Crippen molar-refractivity contribution in [2.75, 3.05) is 12.3 Å². The summed E-state index contributed by atoms with van der Waals surface area (Å²) in [5.74, 6) is 2.10. The lowest BCUT2D eigenvalue weighted by atomic mass is 10.2. The fourth-order valence-corrected chi connectivity index (χ4v) is 3.58. The van der Waals surface area contributed by atoms with Crippen LogP contribution in [0.2, 0.25) is 0 Å². The Morgan fingerprint density at radius 2 is 2.06 bits per heavy atom. The van der Waals surface area contributed by atoms with E-state index in [1.54, 1.807) is 0 Å². The van der Waals surface area contributed by atoms with E-state index in [4.69, 9.17) is 0 Å². The SMILES string of the molecule is O=C(CC1CC1)N1CCSC1c1ccccc1. The van der Waals surface area contributed by atoms with E-state index in [0.717, 1.165) is 18.7 Å². The van der Waals surface area contributed by atoms with Gasteiger partial charge in [0, 0.05) is 18.7 Å². The molecule has 1 aromatic carbocycles. The third-order valence-corrected chi connectivity index (χ3v) is 4.72. The van der Waals surface area contributed by atoms with Crippen LogP contribution in [-0.2, 0) is 4.79 Å². The molecule has 1 saturated carbocycles. The third-order valence-electron chi connectivity index (χ3n) is 3.46. The maximum absolute atomic E-state index is 12.2. The molecule has 90 valence electrons. The lowest BCUT2D eigenvalue weighted by molar-refractivity contribution is -0.131. The average molecular weight is 247 g/mol. The summed E-state index contributed by atoms with van der Waals surface area (Å²) in [5.41, 5.74) is 1.26. The van der Waals surface area contributed by atoms with Crippen LogP contribution in [-0.4, -0.2) is 23.1 Å². The Balaban J connectivity index is 1.72. The molecular weight excluding hydrogens is 230 g/mol. The molecule has 1 saturated heterocycles. The minimum atomic E-state index is 0.252. The largest absolute Gasteiger partial charge is 0.326 e. The molecule has 1 aromatic rings. The van der Waals surface area contributed by atoms with Crippen LogP contribution in [0.4, 0.5) is 0 Å². The molecule has 0 radical (unpaired) electrons. The van der Waals surface area contributed by atoms with E-state index in [-0.39, 0.29) is 5.37 Å². The topological polar surface area (TPSA) is 20.3 Å². The zero-order valence-corrected chi connectivity index (χ0v) is 10.7. The van der Waals surface area contributed by atoms with Crippen molar-refractivity contribution in [1.82, 2.24) is 4.90 Å². The molecule has 2 aliphatic rings. The Morgan fingerprint density at radius 3 is 2.76 bits per heavy atom. The van der Waals surface area contributed by atoms with Gasteiger partial charge in [-0.2, -0.15) is 0 Å². The van der Waals surface area contributed by atoms with Crippen molar-refractivity contribution in [2.24, 2.45) is 5.92 Å². The maximum atomic E-state index is 12.2. The highest BCUT2D eigenvalue weighted by Crippen LogP contribution is 2.40. The monoisotopic (exact) mass is 247 g/mol. The van der Waals surface area contributed by atoms with Gasteiger partial charge in [0.1, 0.15) is 5.37 Å². The second kappa shape index (κ2) is 4.73. The van der Waals surface area contributed by atoms with Crippen molar-refractivity contribution in [1.29, 1.82) is 0 Å². The molecule has 1 unspecified atom stereocenters. The summed E-state index contributed by atoms with van der Waals surface area (Å²) >= 11 is 1.88. The lowest BCUT2D eigenvalue weighted by Crippen LogP contribution is -2.30. The van der Waals surface area contributed by atoms with Crippen LogP contribution in [0, 0.1) is 5.92 Å². The van der Waals surface area contributed by atoms with E-state index >= 15 is 0 Å². The van der Waals surface area contributed by atoms with Gasteiger partial charge in [0.2, 0.25) is 5.91 Å². The van der Waals surface area contributed by atoms with Gasteiger partial charge in [-0.15, -0.1) is 11.8 Å². The summed E-state index contributed by atoms with van der Waals surface area (Å²) in [7, 11) is 0. The van der Waals surface area contributed by atoms with Crippen molar-refractivity contribution in [3.8, 4) is 0 Å². The molecule has 0 N–H and O–H groups in total. The Kier molecular flexibility index (Phi) is 3.10. The predicted molar refractivity (Wildman–Crippen MR) is 70.7 cm³/mol. The predicted octanol–water partition coefficient (Wildman–Crippen LogP) is 3.06. The Hall–Kier alpha value is -0.960. The Bertz CT molecular complexity index is 402. The fourth-order valence-electron chi connectivity index (χ4n) is 2.31. The van der Waals surface area contributed by atoms with Crippen molar-refractivity contribution in [2.45, 2.75) is 24.6 Å². The highest BCUT2D eigenvalue weighted by molar-refractivity contribution is 7.99. The molecule has 0 bridgehead atoms. The van der Waals surface area contributed by atoms with E-state index in [9.17, 15) is 4.79 Å². The molecule has 3 heteroatoms. The number of carbonyl (C=O) groups is 1. The van der Waals surface area contributed by atoms with Crippen LogP contribution in [0.3, 0.4) is 0 Å². The molecule has 1 heterocycles. The van der Waals surface area contributed by atoms with Gasteiger partial charge in [-0.05, 0) is 24.3 Å². The first-order valence-corrected chi connectivity index (χ1v) is 7.35. The molecule has 2 fully saturated rings. The van der Waals surface area contributed by atoms with E-state index < -0.39 is 0 Å². The number of nitrogens with zero attached hydrogens (tertiary/aromatic N) is 1. The van der Waals surface area contributed by atoms with Crippen LogP contribution in [0.1, 0.15) is 30.2 Å². The summed E-state index contributed by atoms with van der Waals surface area (Å²) in [6, 6.07) is 10.4. The number of benzene rings is 1. The first kappa shape index (κ1) is 11.1. The standard InChI is InChI=1S/C14H17NOS/c16-13(10-11-6-7-11)15-8-9-17-14(15)12-4-2-1-3-5-12/h1-5,11,14H,6-10H2. The van der Waals surface area contributed by atoms with Gasteiger partial charge in [-0.1, -0.05) is 30.3 Å². The summed E-state index contributed by atoms with van der Waals surface area (Å²) in [6.07, 6.45) is 3.27. The quantitative estimate of drug-likeness (QED) is 0.818. The van der Waals surface area contributed by atoms with Crippen molar-refractivity contribution in [3.05, 3.63) is 35.9 Å². The molecule has 1 amide bonds. The second-order valence-electron chi connectivity index (χ2n) is 4.87. The molecular formula is C14H17NOS. The second-order valence-corrected chi connectivity index (χ2v) is 6.06. The minimum Gasteiger partial charge on any atom is -0.326 e. The van der Waals surface area contributed by atoms with E-state index in [1.807, 2.05) is 17.8 Å². The smallest absolute Gasteiger partial charge is 0.224 e. The fraction of sp³-hybridized carbons (Fsp3) is 0.500. The van der Waals surface area contributed by atoms with Gasteiger partial charge in [-0.3, -0.25) is 4.79 Å². The molecule has 1 atom stereocenters. The average Bonchev–Trinajstić information content (AvgIpc) is 3.04. The third kappa shape index (κ3) is 2.49. The lowest BCUT2D eigenvalue weighted by Gasteiger charge is -2.24. The highest BCUT2D eigenvalue weighted by atomic mass is 32.2. The van der Waals surface area contributed by atoms with Gasteiger partial charge in [0.05, 0.1) is 0 Å². The molecule has 1 aliphatic heterocycles. The minimum absolute atomic E-state index is 0.252. The highest BCUT2D eigenvalue weighted by Gasteiger charge is 2.33. The van der Waals surface area contributed by atoms with Gasteiger partial charge < -0.3 is 4.90 Å². The van der Waals surface area contributed by atoms with E-state index in [2.05, 4.69) is 29.2 Å². The van der Waals surface area contributed by atoms with Crippen LogP contribution in [0.25, 0.3) is 0 Å². The number of carbonyl (C=O) groups excluding carboxylic acids is 1. The summed E-state index contributed by atoms with van der Waals surface area (Å²) in [5, 5.41) is 0.252. The molecule has 0 spiro atoms. The summed E-state index contributed by atoms with van der Waals surface area (Å²) in [6.45, 7) is 0.912. The first-order valence-electron chi connectivity index (χ1n) is 6.30. The van der Waals surface area contributed by atoms with Crippen LogP contribution >= 0.6 is 11.8 Å². The zero-order valence-electron chi connectivity index (χ0n) is 9.84. The number of hydrogen-bond acceptors (Lipinski definition) is 2. The molecule has 17 heavy (non-hydrogen) atoms. The van der Waals surface area contributed by atoms with Gasteiger partial charge in [-0.25, -0.2) is 0 Å². The molecule has 1 aliphatic carbocycles. The van der Waals surface area contributed by atoms with Gasteiger partial charge in [0.25, 0.3) is 0 Å². The zero-order chi connectivity index (χ0) is 11.7. The van der Waals surface area contributed by atoms with Gasteiger partial charge in [0.15, 0.2) is 0 Å². The van der Waals surface area contributed by atoms with E-state index in [0.29, 0.717) is 11.8 Å². The molecule has 2 nitrogen and oxygen atoms in total. The van der Waals surface area contributed by atoms with Crippen LogP contribution in [0.5, 0.6) is 0 Å².